The zero-order chi connectivity index (χ0) is 8.81. The highest BCUT2D eigenvalue weighted by molar-refractivity contribution is 7.99. The lowest BCUT2D eigenvalue weighted by molar-refractivity contribution is 0.562. The first-order valence-electron chi connectivity index (χ1n) is 4.52. The maximum absolute atomic E-state index is 3.46. The molecule has 0 aliphatic heterocycles. The summed E-state index contributed by atoms with van der Waals surface area (Å²) in [4.78, 5) is 0. The van der Waals surface area contributed by atoms with E-state index in [1.807, 2.05) is 18.7 Å². The maximum atomic E-state index is 3.46. The van der Waals surface area contributed by atoms with Gasteiger partial charge in [-0.2, -0.15) is 11.8 Å². The Bertz CT molecular complexity index is 180. The Labute approximate surface area is 79.7 Å². The van der Waals surface area contributed by atoms with Gasteiger partial charge in [-0.3, -0.25) is 0 Å². The quantitative estimate of drug-likeness (QED) is 0.671. The van der Waals surface area contributed by atoms with E-state index in [0.717, 1.165) is 17.8 Å². The third-order valence-corrected chi connectivity index (χ3v) is 3.47. The molecule has 0 radical (unpaired) electrons. The van der Waals surface area contributed by atoms with E-state index in [1.54, 1.807) is 0 Å². The van der Waals surface area contributed by atoms with Crippen molar-refractivity contribution in [3.8, 4) is 11.8 Å². The molecular formula is C10H17NS. The van der Waals surface area contributed by atoms with Crippen LogP contribution in [0.4, 0.5) is 0 Å². The minimum Gasteiger partial charge on any atom is -0.303 e. The molecule has 1 fully saturated rings. The molecule has 0 spiro atoms. The summed E-state index contributed by atoms with van der Waals surface area (Å²) in [7, 11) is 0. The number of rotatable bonds is 3. The molecule has 0 aromatic carbocycles. The van der Waals surface area contributed by atoms with Crippen molar-refractivity contribution < 1.29 is 0 Å². The van der Waals surface area contributed by atoms with Gasteiger partial charge in [0.1, 0.15) is 0 Å². The fourth-order valence-corrected chi connectivity index (χ4v) is 2.42. The van der Waals surface area contributed by atoms with Crippen LogP contribution in [0.2, 0.25) is 0 Å². The van der Waals surface area contributed by atoms with Crippen molar-refractivity contribution in [3.63, 3.8) is 0 Å². The predicted molar refractivity (Wildman–Crippen MR) is 56.4 cm³/mol. The van der Waals surface area contributed by atoms with E-state index in [-0.39, 0.29) is 0 Å². The van der Waals surface area contributed by atoms with E-state index >= 15 is 0 Å². The highest BCUT2D eigenvalue weighted by Crippen LogP contribution is 2.27. The highest BCUT2D eigenvalue weighted by Gasteiger charge is 2.22. The van der Waals surface area contributed by atoms with E-state index in [1.165, 1.54) is 19.3 Å². The summed E-state index contributed by atoms with van der Waals surface area (Å²) in [6, 6.07) is 0.725. The van der Waals surface area contributed by atoms with Crippen LogP contribution in [-0.4, -0.2) is 24.1 Å². The standard InChI is InChI=1S/C10H17NS/c1-3-4-7-11-9-5-6-10(8-9)12-2/h9-11H,5-8H2,1-2H3. The molecule has 1 aliphatic rings. The molecule has 1 saturated carbocycles. The first-order chi connectivity index (χ1) is 5.86. The minimum absolute atomic E-state index is 0.725. The number of hydrogen-bond acceptors (Lipinski definition) is 2. The van der Waals surface area contributed by atoms with Crippen LogP contribution in [0.15, 0.2) is 0 Å². The van der Waals surface area contributed by atoms with E-state index in [4.69, 9.17) is 0 Å². The van der Waals surface area contributed by atoms with Crippen molar-refractivity contribution in [2.24, 2.45) is 0 Å². The number of hydrogen-bond donors (Lipinski definition) is 1. The summed E-state index contributed by atoms with van der Waals surface area (Å²) in [5.74, 6) is 5.94. The first-order valence-corrected chi connectivity index (χ1v) is 5.81. The van der Waals surface area contributed by atoms with Crippen molar-refractivity contribution in [1.29, 1.82) is 0 Å². The van der Waals surface area contributed by atoms with Crippen molar-refractivity contribution in [3.05, 3.63) is 0 Å². The second-order valence-corrected chi connectivity index (χ2v) is 4.31. The van der Waals surface area contributed by atoms with Gasteiger partial charge in [0.2, 0.25) is 0 Å². The highest BCUT2D eigenvalue weighted by atomic mass is 32.2. The lowest BCUT2D eigenvalue weighted by Gasteiger charge is -2.09. The molecule has 0 saturated heterocycles. The topological polar surface area (TPSA) is 12.0 Å². The van der Waals surface area contributed by atoms with Crippen molar-refractivity contribution in [2.75, 3.05) is 12.8 Å². The Balaban J connectivity index is 2.13. The molecule has 2 heteroatoms. The molecule has 1 aliphatic carbocycles. The average Bonchev–Trinajstić information content (AvgIpc) is 2.53. The van der Waals surface area contributed by atoms with E-state index < -0.39 is 0 Å². The zero-order valence-corrected chi connectivity index (χ0v) is 8.71. The molecule has 1 N–H and O–H groups in total. The molecule has 0 heterocycles. The Morgan fingerprint density at radius 1 is 1.50 bits per heavy atom. The minimum atomic E-state index is 0.725. The third kappa shape index (κ3) is 3.08. The van der Waals surface area contributed by atoms with Crippen LogP contribution in [-0.2, 0) is 0 Å². The van der Waals surface area contributed by atoms with Gasteiger partial charge in [-0.05, 0) is 32.4 Å². The normalized spacial score (nSPS) is 28.2. The van der Waals surface area contributed by atoms with Crippen LogP contribution in [0.25, 0.3) is 0 Å². The van der Waals surface area contributed by atoms with Crippen LogP contribution in [0, 0.1) is 11.8 Å². The van der Waals surface area contributed by atoms with Crippen molar-refractivity contribution in [1.82, 2.24) is 5.32 Å². The SMILES string of the molecule is CC#CCNC1CCC(SC)C1. The van der Waals surface area contributed by atoms with E-state index in [9.17, 15) is 0 Å². The number of nitrogens with one attached hydrogen (secondary N) is 1. The fourth-order valence-electron chi connectivity index (χ4n) is 1.62. The lowest BCUT2D eigenvalue weighted by atomic mass is 10.2. The molecule has 2 atom stereocenters. The molecule has 0 bridgehead atoms. The van der Waals surface area contributed by atoms with Gasteiger partial charge in [-0.25, -0.2) is 0 Å². The van der Waals surface area contributed by atoms with Crippen molar-refractivity contribution in [2.45, 2.75) is 37.5 Å². The molecule has 0 amide bonds. The molecule has 1 nitrogen and oxygen atoms in total. The summed E-state index contributed by atoms with van der Waals surface area (Å²) >= 11 is 2.00. The Morgan fingerprint density at radius 2 is 2.33 bits per heavy atom. The fraction of sp³-hybridized carbons (Fsp3) is 0.800. The van der Waals surface area contributed by atoms with Gasteiger partial charge in [0.05, 0.1) is 6.54 Å². The summed E-state index contributed by atoms with van der Waals surface area (Å²) in [5.41, 5.74) is 0. The van der Waals surface area contributed by atoms with Gasteiger partial charge in [-0.1, -0.05) is 5.92 Å². The van der Waals surface area contributed by atoms with Gasteiger partial charge in [0.15, 0.2) is 0 Å². The van der Waals surface area contributed by atoms with Crippen LogP contribution < -0.4 is 5.32 Å². The molecule has 1 rings (SSSR count). The second kappa shape index (κ2) is 5.50. The second-order valence-electron chi connectivity index (χ2n) is 3.18. The van der Waals surface area contributed by atoms with Crippen LogP contribution in [0.5, 0.6) is 0 Å². The Kier molecular flexibility index (Phi) is 4.57. The predicted octanol–water partition coefficient (Wildman–Crippen LogP) is 1.88. The summed E-state index contributed by atoms with van der Waals surface area (Å²) < 4.78 is 0. The van der Waals surface area contributed by atoms with Gasteiger partial charge in [-0.15, -0.1) is 5.92 Å². The average molecular weight is 183 g/mol. The number of thioether (sulfide) groups is 1. The zero-order valence-electron chi connectivity index (χ0n) is 7.89. The summed E-state index contributed by atoms with van der Waals surface area (Å²) in [6.45, 7) is 2.75. The third-order valence-electron chi connectivity index (χ3n) is 2.37. The molecule has 12 heavy (non-hydrogen) atoms. The Hall–Kier alpha value is -0.130. The molecule has 0 aromatic heterocycles. The maximum Gasteiger partial charge on any atom is 0.0578 e. The van der Waals surface area contributed by atoms with E-state index in [0.29, 0.717) is 0 Å². The van der Waals surface area contributed by atoms with Gasteiger partial charge < -0.3 is 5.32 Å². The molecular weight excluding hydrogens is 166 g/mol. The van der Waals surface area contributed by atoms with Crippen LogP contribution in [0.1, 0.15) is 26.2 Å². The van der Waals surface area contributed by atoms with Crippen LogP contribution >= 0.6 is 11.8 Å². The summed E-state index contributed by atoms with van der Waals surface area (Å²) in [5, 5.41) is 4.35. The van der Waals surface area contributed by atoms with Crippen LogP contribution in [0.3, 0.4) is 0 Å². The summed E-state index contributed by atoms with van der Waals surface area (Å²) in [6.07, 6.45) is 6.24. The van der Waals surface area contributed by atoms with Gasteiger partial charge in [0.25, 0.3) is 0 Å². The van der Waals surface area contributed by atoms with E-state index in [2.05, 4.69) is 23.4 Å². The lowest BCUT2D eigenvalue weighted by Crippen LogP contribution is -2.26. The molecule has 0 aromatic rings. The largest absolute Gasteiger partial charge is 0.303 e. The van der Waals surface area contributed by atoms with Gasteiger partial charge in [0, 0.05) is 11.3 Å². The smallest absolute Gasteiger partial charge is 0.0578 e. The first kappa shape index (κ1) is 9.95. The Morgan fingerprint density at radius 3 is 2.92 bits per heavy atom. The van der Waals surface area contributed by atoms with Crippen molar-refractivity contribution >= 4 is 11.8 Å². The molecule has 2 unspecified atom stereocenters. The molecule has 68 valence electrons. The van der Waals surface area contributed by atoms with Gasteiger partial charge >= 0.3 is 0 Å². The monoisotopic (exact) mass is 183 g/mol.